The van der Waals surface area contributed by atoms with Crippen molar-refractivity contribution >= 4 is 11.2 Å². The second-order valence-corrected chi connectivity index (χ2v) is 7.49. The highest BCUT2D eigenvalue weighted by atomic mass is 16.5. The lowest BCUT2D eigenvalue weighted by atomic mass is 9.94. The molecule has 28 heavy (non-hydrogen) atoms. The monoisotopic (exact) mass is 376 g/mol. The van der Waals surface area contributed by atoms with E-state index in [-0.39, 0.29) is 18.0 Å². The number of fused-ring (bicyclic) bond motifs is 2. The molecule has 1 aromatic carbocycles. The Balaban J connectivity index is 1.44. The third kappa shape index (κ3) is 2.48. The van der Waals surface area contributed by atoms with E-state index in [4.69, 9.17) is 4.52 Å². The van der Waals surface area contributed by atoms with Gasteiger partial charge in [-0.2, -0.15) is 4.98 Å². The van der Waals surface area contributed by atoms with E-state index in [1.165, 1.54) is 27.6 Å². The highest BCUT2D eigenvalue weighted by Crippen LogP contribution is 2.43. The maximum atomic E-state index is 12.7. The molecular formula is C20H20N6O2. The van der Waals surface area contributed by atoms with Gasteiger partial charge in [-0.15, -0.1) is 0 Å². The summed E-state index contributed by atoms with van der Waals surface area (Å²) in [7, 11) is 1.77. The first-order valence-electron chi connectivity index (χ1n) is 9.30. The minimum Gasteiger partial charge on any atom is -0.337 e. The van der Waals surface area contributed by atoms with Crippen molar-refractivity contribution in [1.82, 2.24) is 29.2 Å². The molecule has 0 aliphatic heterocycles. The van der Waals surface area contributed by atoms with Gasteiger partial charge in [-0.25, -0.2) is 9.97 Å². The van der Waals surface area contributed by atoms with Crippen molar-refractivity contribution in [1.29, 1.82) is 0 Å². The second-order valence-electron chi connectivity index (χ2n) is 7.49. The lowest BCUT2D eigenvalue weighted by Crippen LogP contribution is -2.22. The molecule has 1 aliphatic rings. The fourth-order valence-electron chi connectivity index (χ4n) is 4.17. The van der Waals surface area contributed by atoms with E-state index in [2.05, 4.69) is 52.2 Å². The number of aryl methyl sites for hydroxylation is 2. The fraction of sp³-hybridized carbons (Fsp3) is 0.350. The van der Waals surface area contributed by atoms with Crippen molar-refractivity contribution < 1.29 is 4.52 Å². The minimum atomic E-state index is -0.179. The molecule has 0 radical (unpaired) electrons. The van der Waals surface area contributed by atoms with E-state index < -0.39 is 0 Å². The SMILES string of the molecule is Cc1cccc2c1CC(c1noc(Cn3cnc4ncn(C)c4c3=O)n1)C2C. The van der Waals surface area contributed by atoms with Crippen LogP contribution in [0, 0.1) is 6.92 Å². The molecule has 0 spiro atoms. The first-order chi connectivity index (χ1) is 13.5. The quantitative estimate of drug-likeness (QED) is 0.545. The third-order valence-electron chi connectivity index (χ3n) is 5.79. The van der Waals surface area contributed by atoms with Crippen LogP contribution < -0.4 is 5.56 Å². The predicted molar refractivity (Wildman–Crippen MR) is 102 cm³/mol. The van der Waals surface area contributed by atoms with Crippen LogP contribution in [0.3, 0.4) is 0 Å². The molecule has 0 bridgehead atoms. The molecule has 4 aromatic rings. The van der Waals surface area contributed by atoms with Crippen LogP contribution >= 0.6 is 0 Å². The van der Waals surface area contributed by atoms with Crippen LogP contribution in [0.25, 0.3) is 11.2 Å². The summed E-state index contributed by atoms with van der Waals surface area (Å²) in [6.45, 7) is 4.54. The molecule has 2 atom stereocenters. The van der Waals surface area contributed by atoms with Crippen LogP contribution in [0.5, 0.6) is 0 Å². The lowest BCUT2D eigenvalue weighted by molar-refractivity contribution is 0.360. The van der Waals surface area contributed by atoms with Gasteiger partial charge < -0.3 is 9.09 Å². The largest absolute Gasteiger partial charge is 0.337 e. The molecule has 3 aromatic heterocycles. The molecule has 0 saturated heterocycles. The summed E-state index contributed by atoms with van der Waals surface area (Å²) in [4.78, 5) is 25.6. The second kappa shape index (κ2) is 6.12. The Morgan fingerprint density at radius 1 is 1.25 bits per heavy atom. The van der Waals surface area contributed by atoms with E-state index in [0.29, 0.717) is 28.8 Å². The standard InChI is InChI=1S/C20H20N6O2/c1-11-5-4-6-13-12(2)15(7-14(11)13)18-23-16(28-24-18)8-26-10-22-19-17(20(26)27)25(3)9-21-19/h4-6,9-10,12,15H,7-8H2,1-3H3. The van der Waals surface area contributed by atoms with Gasteiger partial charge in [0.1, 0.15) is 12.9 Å². The summed E-state index contributed by atoms with van der Waals surface area (Å²) in [6, 6.07) is 6.43. The van der Waals surface area contributed by atoms with Crippen molar-refractivity contribution in [3.05, 3.63) is 69.6 Å². The Bertz CT molecular complexity index is 1250. The van der Waals surface area contributed by atoms with Gasteiger partial charge in [0.15, 0.2) is 17.0 Å². The van der Waals surface area contributed by atoms with E-state index in [9.17, 15) is 4.79 Å². The van der Waals surface area contributed by atoms with Crippen LogP contribution in [0.2, 0.25) is 0 Å². The van der Waals surface area contributed by atoms with Gasteiger partial charge in [-0.3, -0.25) is 9.36 Å². The van der Waals surface area contributed by atoms with Crippen molar-refractivity contribution in [3.63, 3.8) is 0 Å². The van der Waals surface area contributed by atoms with Crippen molar-refractivity contribution in [2.75, 3.05) is 0 Å². The van der Waals surface area contributed by atoms with Gasteiger partial charge in [-0.1, -0.05) is 30.3 Å². The summed E-state index contributed by atoms with van der Waals surface area (Å²) in [5, 5.41) is 4.22. The summed E-state index contributed by atoms with van der Waals surface area (Å²) in [5.41, 5.74) is 4.76. The van der Waals surface area contributed by atoms with Gasteiger partial charge in [0.25, 0.3) is 5.56 Å². The molecule has 5 rings (SSSR count). The Morgan fingerprint density at radius 3 is 2.89 bits per heavy atom. The summed E-state index contributed by atoms with van der Waals surface area (Å²) in [5.74, 6) is 1.61. The summed E-state index contributed by atoms with van der Waals surface area (Å²) < 4.78 is 8.60. The molecule has 3 heterocycles. The number of hydrogen-bond donors (Lipinski definition) is 0. The molecule has 0 N–H and O–H groups in total. The van der Waals surface area contributed by atoms with Gasteiger partial charge in [0, 0.05) is 13.0 Å². The zero-order chi connectivity index (χ0) is 19.4. The fourth-order valence-corrected chi connectivity index (χ4v) is 4.17. The topological polar surface area (TPSA) is 91.6 Å². The number of rotatable bonds is 3. The molecule has 0 saturated carbocycles. The molecule has 0 amide bonds. The number of hydrogen-bond acceptors (Lipinski definition) is 6. The Labute approximate surface area is 160 Å². The molecule has 8 heteroatoms. The van der Waals surface area contributed by atoms with Gasteiger partial charge in [0.05, 0.1) is 6.33 Å². The van der Waals surface area contributed by atoms with Crippen molar-refractivity contribution in [3.8, 4) is 0 Å². The van der Waals surface area contributed by atoms with Crippen LogP contribution in [0.1, 0.15) is 47.2 Å². The number of benzene rings is 1. The van der Waals surface area contributed by atoms with Crippen LogP contribution in [-0.4, -0.2) is 29.2 Å². The van der Waals surface area contributed by atoms with Crippen LogP contribution in [0.15, 0.2) is 40.2 Å². The third-order valence-corrected chi connectivity index (χ3v) is 5.79. The Kier molecular flexibility index (Phi) is 3.68. The zero-order valence-corrected chi connectivity index (χ0v) is 16.0. The van der Waals surface area contributed by atoms with E-state index in [1.807, 2.05) is 0 Å². The number of aromatic nitrogens is 6. The van der Waals surface area contributed by atoms with Crippen LogP contribution in [-0.2, 0) is 20.0 Å². The Hall–Kier alpha value is -3.29. The van der Waals surface area contributed by atoms with Gasteiger partial charge >= 0.3 is 0 Å². The molecule has 0 fully saturated rings. The first-order valence-corrected chi connectivity index (χ1v) is 9.30. The summed E-state index contributed by atoms with van der Waals surface area (Å²) >= 11 is 0. The zero-order valence-electron chi connectivity index (χ0n) is 16.0. The lowest BCUT2D eigenvalue weighted by Gasteiger charge is -2.11. The smallest absolute Gasteiger partial charge is 0.280 e. The maximum Gasteiger partial charge on any atom is 0.280 e. The molecule has 8 nitrogen and oxygen atoms in total. The van der Waals surface area contributed by atoms with Gasteiger partial charge in [0.2, 0.25) is 5.89 Å². The number of nitrogens with zero attached hydrogens (tertiary/aromatic N) is 6. The van der Waals surface area contributed by atoms with Crippen molar-refractivity contribution in [2.24, 2.45) is 7.05 Å². The molecule has 142 valence electrons. The highest BCUT2D eigenvalue weighted by molar-refractivity contribution is 5.68. The normalized spacial score (nSPS) is 18.7. The Morgan fingerprint density at radius 2 is 2.07 bits per heavy atom. The molecule has 1 aliphatic carbocycles. The van der Waals surface area contributed by atoms with Crippen LogP contribution in [0.4, 0.5) is 0 Å². The first kappa shape index (κ1) is 16.9. The molecular weight excluding hydrogens is 356 g/mol. The highest BCUT2D eigenvalue weighted by Gasteiger charge is 2.34. The maximum absolute atomic E-state index is 12.7. The average Bonchev–Trinajstić information content (AvgIpc) is 3.37. The van der Waals surface area contributed by atoms with E-state index in [0.717, 1.165) is 6.42 Å². The predicted octanol–water partition coefficient (Wildman–Crippen LogP) is 2.31. The van der Waals surface area contributed by atoms with Crippen molar-refractivity contribution in [2.45, 2.75) is 38.6 Å². The van der Waals surface area contributed by atoms with E-state index in [1.54, 1.807) is 17.9 Å². The average molecular weight is 376 g/mol. The minimum absolute atomic E-state index is 0.179. The van der Waals surface area contributed by atoms with E-state index >= 15 is 0 Å². The molecule has 2 unspecified atom stereocenters. The van der Waals surface area contributed by atoms with Gasteiger partial charge in [-0.05, 0) is 36.0 Å². The summed E-state index contributed by atoms with van der Waals surface area (Å²) in [6.07, 6.45) is 3.96. The number of imidazole rings is 1.